The molecule has 118 valence electrons. The normalized spacial score (nSPS) is 21.9. The van der Waals surface area contributed by atoms with Crippen LogP contribution in [-0.2, 0) is 14.3 Å². The van der Waals surface area contributed by atoms with Crippen molar-refractivity contribution in [3.05, 3.63) is 0 Å². The van der Waals surface area contributed by atoms with Gasteiger partial charge in [0.1, 0.15) is 5.54 Å². The number of nitrogens with zero attached hydrogens (tertiary/aromatic N) is 1. The van der Waals surface area contributed by atoms with Gasteiger partial charge >= 0.3 is 5.97 Å². The molecule has 1 aliphatic heterocycles. The van der Waals surface area contributed by atoms with Gasteiger partial charge in [0.2, 0.25) is 0 Å². The van der Waals surface area contributed by atoms with E-state index in [1.807, 2.05) is 0 Å². The Morgan fingerprint density at radius 1 is 1.50 bits per heavy atom. The van der Waals surface area contributed by atoms with Crippen LogP contribution in [0.4, 0.5) is 0 Å². The van der Waals surface area contributed by atoms with Crippen molar-refractivity contribution in [1.29, 1.82) is 0 Å². The van der Waals surface area contributed by atoms with Crippen LogP contribution >= 0.6 is 0 Å². The number of hydrogen-bond acceptors (Lipinski definition) is 5. The van der Waals surface area contributed by atoms with E-state index in [9.17, 15) is 4.79 Å². The zero-order chi connectivity index (χ0) is 15.0. The summed E-state index contributed by atoms with van der Waals surface area (Å²) >= 11 is 0. The van der Waals surface area contributed by atoms with Crippen molar-refractivity contribution in [2.24, 2.45) is 5.73 Å². The molecule has 1 heterocycles. The first kappa shape index (κ1) is 17.4. The van der Waals surface area contributed by atoms with E-state index in [2.05, 4.69) is 11.8 Å². The van der Waals surface area contributed by atoms with Crippen LogP contribution in [0.5, 0.6) is 0 Å². The van der Waals surface area contributed by atoms with Gasteiger partial charge in [-0.05, 0) is 52.6 Å². The highest BCUT2D eigenvalue weighted by molar-refractivity contribution is 5.79. The molecule has 1 rings (SSSR count). The van der Waals surface area contributed by atoms with Gasteiger partial charge in [-0.15, -0.1) is 0 Å². The van der Waals surface area contributed by atoms with Crippen LogP contribution in [0.1, 0.15) is 46.5 Å². The van der Waals surface area contributed by atoms with Gasteiger partial charge in [-0.1, -0.05) is 6.92 Å². The lowest BCUT2D eigenvalue weighted by Gasteiger charge is -2.26. The SMILES string of the molecule is CCOC(=O)C(C)(N)CCCN(CC)CC1CCCO1. The van der Waals surface area contributed by atoms with Gasteiger partial charge in [-0.2, -0.15) is 0 Å². The van der Waals surface area contributed by atoms with Crippen LogP contribution in [0, 0.1) is 0 Å². The first-order chi connectivity index (χ1) is 9.49. The molecule has 2 unspecified atom stereocenters. The van der Waals surface area contributed by atoms with E-state index in [0.717, 1.165) is 39.1 Å². The van der Waals surface area contributed by atoms with Crippen LogP contribution in [0.3, 0.4) is 0 Å². The van der Waals surface area contributed by atoms with E-state index in [-0.39, 0.29) is 5.97 Å². The maximum Gasteiger partial charge on any atom is 0.325 e. The Labute approximate surface area is 122 Å². The Morgan fingerprint density at radius 2 is 2.25 bits per heavy atom. The van der Waals surface area contributed by atoms with E-state index in [4.69, 9.17) is 15.2 Å². The summed E-state index contributed by atoms with van der Waals surface area (Å²) in [6.45, 7) is 9.91. The van der Waals surface area contributed by atoms with Crippen molar-refractivity contribution >= 4 is 5.97 Å². The predicted molar refractivity (Wildman–Crippen MR) is 79.5 cm³/mol. The minimum atomic E-state index is -0.876. The molecule has 0 aromatic rings. The van der Waals surface area contributed by atoms with Crippen LogP contribution in [0.2, 0.25) is 0 Å². The summed E-state index contributed by atoms with van der Waals surface area (Å²) in [6.07, 6.45) is 4.25. The van der Waals surface area contributed by atoms with E-state index in [1.54, 1.807) is 13.8 Å². The van der Waals surface area contributed by atoms with Gasteiger partial charge in [0.25, 0.3) is 0 Å². The van der Waals surface area contributed by atoms with Gasteiger partial charge in [0, 0.05) is 13.2 Å². The fraction of sp³-hybridized carbons (Fsp3) is 0.933. The van der Waals surface area contributed by atoms with Gasteiger partial charge in [-0.25, -0.2) is 0 Å². The van der Waals surface area contributed by atoms with Crippen molar-refractivity contribution in [1.82, 2.24) is 4.90 Å². The summed E-state index contributed by atoms with van der Waals surface area (Å²) in [5, 5.41) is 0. The summed E-state index contributed by atoms with van der Waals surface area (Å²) in [5.41, 5.74) is 5.14. The standard InChI is InChI=1S/C15H30N2O3/c1-4-17(12-13-8-6-11-20-13)10-7-9-15(3,16)14(18)19-5-2/h13H,4-12,16H2,1-3H3. The molecular weight excluding hydrogens is 256 g/mol. The first-order valence-electron chi connectivity index (χ1n) is 7.79. The molecule has 0 amide bonds. The van der Waals surface area contributed by atoms with Crippen molar-refractivity contribution in [2.45, 2.75) is 58.1 Å². The molecule has 0 radical (unpaired) electrons. The number of carbonyl (C=O) groups is 1. The van der Waals surface area contributed by atoms with Crippen molar-refractivity contribution < 1.29 is 14.3 Å². The summed E-state index contributed by atoms with van der Waals surface area (Å²) in [5.74, 6) is -0.304. The molecule has 20 heavy (non-hydrogen) atoms. The molecule has 5 heteroatoms. The first-order valence-corrected chi connectivity index (χ1v) is 7.79. The van der Waals surface area contributed by atoms with Crippen molar-refractivity contribution in [3.63, 3.8) is 0 Å². The van der Waals surface area contributed by atoms with E-state index in [1.165, 1.54) is 6.42 Å². The minimum Gasteiger partial charge on any atom is -0.465 e. The summed E-state index contributed by atoms with van der Waals surface area (Å²) < 4.78 is 10.7. The summed E-state index contributed by atoms with van der Waals surface area (Å²) in [7, 11) is 0. The third-order valence-corrected chi connectivity index (χ3v) is 3.85. The largest absolute Gasteiger partial charge is 0.465 e. The summed E-state index contributed by atoms with van der Waals surface area (Å²) in [4.78, 5) is 14.1. The molecule has 0 spiro atoms. The fourth-order valence-corrected chi connectivity index (χ4v) is 2.52. The van der Waals surface area contributed by atoms with Crippen LogP contribution < -0.4 is 5.73 Å². The molecule has 0 aromatic carbocycles. The maximum atomic E-state index is 11.7. The number of carbonyl (C=O) groups excluding carboxylic acids is 1. The van der Waals surface area contributed by atoms with Gasteiger partial charge < -0.3 is 20.1 Å². The molecule has 0 saturated carbocycles. The number of hydrogen-bond donors (Lipinski definition) is 1. The minimum absolute atomic E-state index is 0.304. The molecule has 5 nitrogen and oxygen atoms in total. The van der Waals surface area contributed by atoms with E-state index >= 15 is 0 Å². The second kappa shape index (κ2) is 8.60. The zero-order valence-electron chi connectivity index (χ0n) is 13.2. The molecule has 1 saturated heterocycles. The lowest BCUT2D eigenvalue weighted by atomic mass is 9.97. The monoisotopic (exact) mass is 286 g/mol. The lowest BCUT2D eigenvalue weighted by molar-refractivity contribution is -0.149. The Bertz CT molecular complexity index is 289. The Hall–Kier alpha value is -0.650. The topological polar surface area (TPSA) is 64.8 Å². The second-order valence-electron chi connectivity index (χ2n) is 5.77. The highest BCUT2D eigenvalue weighted by Gasteiger charge is 2.29. The van der Waals surface area contributed by atoms with E-state index in [0.29, 0.717) is 19.1 Å². The van der Waals surface area contributed by atoms with Crippen molar-refractivity contribution in [2.75, 3.05) is 32.8 Å². The third kappa shape index (κ3) is 5.77. The molecule has 2 N–H and O–H groups in total. The average Bonchev–Trinajstić information content (AvgIpc) is 2.90. The maximum absolute atomic E-state index is 11.7. The highest BCUT2D eigenvalue weighted by atomic mass is 16.5. The number of rotatable bonds is 9. The highest BCUT2D eigenvalue weighted by Crippen LogP contribution is 2.15. The fourth-order valence-electron chi connectivity index (χ4n) is 2.52. The van der Waals surface area contributed by atoms with Gasteiger partial charge in [0.05, 0.1) is 12.7 Å². The second-order valence-corrected chi connectivity index (χ2v) is 5.77. The molecule has 1 fully saturated rings. The zero-order valence-corrected chi connectivity index (χ0v) is 13.2. The molecule has 2 atom stereocenters. The van der Waals surface area contributed by atoms with Gasteiger partial charge in [0.15, 0.2) is 0 Å². The molecule has 0 bridgehead atoms. The van der Waals surface area contributed by atoms with Crippen LogP contribution in [0.25, 0.3) is 0 Å². The summed E-state index contributed by atoms with van der Waals surface area (Å²) in [6, 6.07) is 0. The number of esters is 1. The smallest absolute Gasteiger partial charge is 0.325 e. The van der Waals surface area contributed by atoms with Crippen LogP contribution in [0.15, 0.2) is 0 Å². The van der Waals surface area contributed by atoms with Gasteiger partial charge in [-0.3, -0.25) is 4.79 Å². The van der Waals surface area contributed by atoms with E-state index < -0.39 is 5.54 Å². The Morgan fingerprint density at radius 3 is 2.80 bits per heavy atom. The Balaban J connectivity index is 2.27. The average molecular weight is 286 g/mol. The molecule has 0 aromatic heterocycles. The van der Waals surface area contributed by atoms with Crippen molar-refractivity contribution in [3.8, 4) is 0 Å². The molecule has 0 aliphatic carbocycles. The number of nitrogens with two attached hydrogens (primary N) is 1. The van der Waals surface area contributed by atoms with Crippen LogP contribution in [-0.4, -0.2) is 55.4 Å². The third-order valence-electron chi connectivity index (χ3n) is 3.85. The number of ether oxygens (including phenoxy) is 2. The molecule has 1 aliphatic rings. The molecular formula is C15H30N2O3. The lowest BCUT2D eigenvalue weighted by Crippen LogP contribution is -2.46. The predicted octanol–water partition coefficient (Wildman–Crippen LogP) is 1.55. The quantitative estimate of drug-likeness (QED) is 0.651. The number of likely N-dealkylation sites (N-methyl/N-ethyl adjacent to an activating group) is 1. The Kier molecular flexibility index (Phi) is 7.48.